The van der Waals surface area contributed by atoms with Gasteiger partial charge >= 0.3 is 0 Å². The molecule has 2 aliphatic carbocycles. The van der Waals surface area contributed by atoms with Crippen molar-refractivity contribution in [3.05, 3.63) is 46.7 Å². The van der Waals surface area contributed by atoms with Crippen LogP contribution >= 0.6 is 0 Å². The molecule has 1 aliphatic heterocycles. The molecule has 21 heavy (non-hydrogen) atoms. The Morgan fingerprint density at radius 3 is 3.05 bits per heavy atom. The first kappa shape index (κ1) is 14.0. The third-order valence-electron chi connectivity index (χ3n) is 4.37. The summed E-state index contributed by atoms with van der Waals surface area (Å²) in [5.41, 5.74) is 5.08. The van der Waals surface area contributed by atoms with Gasteiger partial charge in [0.1, 0.15) is 0 Å². The third-order valence-corrected chi connectivity index (χ3v) is 4.37. The molecule has 0 aromatic carbocycles. The normalized spacial score (nSPS) is 23.3. The average molecular weight is 287 g/mol. The maximum absolute atomic E-state index is 11.5. The first-order valence-corrected chi connectivity index (χ1v) is 7.52. The summed E-state index contributed by atoms with van der Waals surface area (Å²) in [4.78, 5) is 11.5. The predicted molar refractivity (Wildman–Crippen MR) is 80.0 cm³/mol. The summed E-state index contributed by atoms with van der Waals surface area (Å²) >= 11 is 0. The van der Waals surface area contributed by atoms with Crippen LogP contribution in [0.5, 0.6) is 0 Å². The Bertz CT molecular complexity index is 581. The van der Waals surface area contributed by atoms with Gasteiger partial charge in [0, 0.05) is 36.5 Å². The molecule has 0 fully saturated rings. The number of hydrogen-bond donors (Lipinski definition) is 1. The first-order valence-electron chi connectivity index (χ1n) is 7.52. The number of methoxy groups -OCH3 is 1. The van der Waals surface area contributed by atoms with E-state index in [-0.39, 0.29) is 5.91 Å². The Hall–Kier alpha value is -1.97. The van der Waals surface area contributed by atoms with Crippen molar-refractivity contribution in [2.24, 2.45) is 5.92 Å². The highest BCUT2D eigenvalue weighted by Crippen LogP contribution is 2.46. The SMILES string of the molecule is CCC(=O)NCC1CC2=C3C(=COC=C31)C=C(OC)CC2. The zero-order valence-corrected chi connectivity index (χ0v) is 12.6. The van der Waals surface area contributed by atoms with Crippen LogP contribution in [0.4, 0.5) is 0 Å². The second kappa shape index (κ2) is 5.80. The number of ether oxygens (including phenoxy) is 2. The molecule has 3 rings (SSSR count). The second-order valence-electron chi connectivity index (χ2n) is 5.63. The molecule has 1 N–H and O–H groups in total. The van der Waals surface area contributed by atoms with Crippen LogP contribution in [0.25, 0.3) is 0 Å². The quantitative estimate of drug-likeness (QED) is 0.864. The van der Waals surface area contributed by atoms with Crippen molar-refractivity contribution in [2.45, 2.75) is 32.6 Å². The van der Waals surface area contributed by atoms with Crippen LogP contribution in [-0.4, -0.2) is 19.6 Å². The summed E-state index contributed by atoms with van der Waals surface area (Å²) in [5, 5.41) is 3.00. The molecule has 0 radical (unpaired) electrons. The molecule has 1 amide bonds. The van der Waals surface area contributed by atoms with Gasteiger partial charge in [-0.25, -0.2) is 0 Å². The van der Waals surface area contributed by atoms with Gasteiger partial charge in [0.25, 0.3) is 0 Å². The van der Waals surface area contributed by atoms with Gasteiger partial charge in [0.2, 0.25) is 5.91 Å². The fraction of sp³-hybridized carbons (Fsp3) is 0.471. The Morgan fingerprint density at radius 2 is 2.29 bits per heavy atom. The van der Waals surface area contributed by atoms with E-state index in [0.29, 0.717) is 18.9 Å². The fourth-order valence-electron chi connectivity index (χ4n) is 3.24. The monoisotopic (exact) mass is 287 g/mol. The van der Waals surface area contributed by atoms with Gasteiger partial charge in [-0.15, -0.1) is 0 Å². The highest BCUT2D eigenvalue weighted by Gasteiger charge is 2.34. The van der Waals surface area contributed by atoms with E-state index in [0.717, 1.165) is 30.6 Å². The standard InChI is InChI=1S/C17H21NO3/c1-3-16(19)18-8-12-6-11-4-5-14(20-2)7-13-9-21-10-15(12)17(11)13/h7,9-10,12H,3-6,8H2,1-2H3,(H,18,19). The lowest BCUT2D eigenvalue weighted by Crippen LogP contribution is -2.28. The smallest absolute Gasteiger partial charge is 0.219 e. The van der Waals surface area contributed by atoms with Crippen LogP contribution in [0.3, 0.4) is 0 Å². The predicted octanol–water partition coefficient (Wildman–Crippen LogP) is 2.95. The van der Waals surface area contributed by atoms with Crippen LogP contribution < -0.4 is 5.32 Å². The summed E-state index contributed by atoms with van der Waals surface area (Å²) < 4.78 is 10.9. The molecule has 0 aromatic heterocycles. The summed E-state index contributed by atoms with van der Waals surface area (Å²) in [6, 6.07) is 0. The molecule has 4 nitrogen and oxygen atoms in total. The number of nitrogens with one attached hydrogen (secondary N) is 1. The van der Waals surface area contributed by atoms with E-state index in [4.69, 9.17) is 9.47 Å². The molecule has 112 valence electrons. The van der Waals surface area contributed by atoms with Crippen LogP contribution in [0.15, 0.2) is 46.7 Å². The van der Waals surface area contributed by atoms with E-state index in [2.05, 4.69) is 11.4 Å². The molecule has 0 saturated carbocycles. The van der Waals surface area contributed by atoms with Crippen molar-refractivity contribution < 1.29 is 14.3 Å². The maximum Gasteiger partial charge on any atom is 0.219 e. The molecule has 1 heterocycles. The summed E-state index contributed by atoms with van der Waals surface area (Å²) in [5.74, 6) is 1.43. The minimum Gasteiger partial charge on any atom is -0.501 e. The lowest BCUT2D eigenvalue weighted by atomic mass is 9.94. The Labute approximate surface area is 125 Å². The number of amides is 1. The molecule has 1 unspecified atom stereocenters. The fourth-order valence-corrected chi connectivity index (χ4v) is 3.24. The van der Waals surface area contributed by atoms with Crippen LogP contribution in [0, 0.1) is 5.92 Å². The lowest BCUT2D eigenvalue weighted by Gasteiger charge is -2.19. The third kappa shape index (κ3) is 2.62. The van der Waals surface area contributed by atoms with Crippen LogP contribution in [-0.2, 0) is 14.3 Å². The summed E-state index contributed by atoms with van der Waals surface area (Å²) in [6.07, 6.45) is 9.16. The van der Waals surface area contributed by atoms with Crippen molar-refractivity contribution in [1.29, 1.82) is 0 Å². The molecule has 0 saturated heterocycles. The first-order chi connectivity index (χ1) is 10.2. The Balaban J connectivity index is 1.80. The van der Waals surface area contributed by atoms with E-state index in [1.807, 2.05) is 13.2 Å². The van der Waals surface area contributed by atoms with Gasteiger partial charge in [0.05, 0.1) is 25.4 Å². The van der Waals surface area contributed by atoms with Gasteiger partial charge in [-0.05, 0) is 24.5 Å². The van der Waals surface area contributed by atoms with Gasteiger partial charge < -0.3 is 14.8 Å². The molecule has 4 heteroatoms. The average Bonchev–Trinajstić information content (AvgIpc) is 2.76. The highest BCUT2D eigenvalue weighted by molar-refractivity contribution is 5.75. The van der Waals surface area contributed by atoms with Crippen molar-refractivity contribution in [2.75, 3.05) is 13.7 Å². The van der Waals surface area contributed by atoms with Crippen molar-refractivity contribution in [3.63, 3.8) is 0 Å². The number of rotatable bonds is 4. The van der Waals surface area contributed by atoms with Crippen LogP contribution in [0.1, 0.15) is 32.6 Å². The Kier molecular flexibility index (Phi) is 3.86. The van der Waals surface area contributed by atoms with E-state index in [1.165, 1.54) is 16.7 Å². The topological polar surface area (TPSA) is 47.6 Å². The molecular formula is C17H21NO3. The van der Waals surface area contributed by atoms with Crippen LogP contribution in [0.2, 0.25) is 0 Å². The minimum absolute atomic E-state index is 0.103. The Morgan fingerprint density at radius 1 is 1.43 bits per heavy atom. The van der Waals surface area contributed by atoms with E-state index < -0.39 is 0 Å². The molecule has 0 aromatic rings. The number of carbonyl (C=O) groups excluding carboxylic acids is 1. The number of carbonyl (C=O) groups is 1. The molecule has 0 spiro atoms. The molecule has 1 atom stereocenters. The van der Waals surface area contributed by atoms with Gasteiger partial charge in [-0.1, -0.05) is 12.5 Å². The van der Waals surface area contributed by atoms with E-state index in [1.54, 1.807) is 13.4 Å². The zero-order chi connectivity index (χ0) is 14.8. The molecule has 0 bridgehead atoms. The maximum atomic E-state index is 11.5. The lowest BCUT2D eigenvalue weighted by molar-refractivity contribution is -0.120. The highest BCUT2D eigenvalue weighted by atomic mass is 16.5. The zero-order valence-electron chi connectivity index (χ0n) is 12.6. The molecular weight excluding hydrogens is 266 g/mol. The van der Waals surface area contributed by atoms with Gasteiger partial charge in [-0.2, -0.15) is 0 Å². The largest absolute Gasteiger partial charge is 0.501 e. The number of allylic oxidation sites excluding steroid dienone is 5. The van der Waals surface area contributed by atoms with Gasteiger partial charge in [-0.3, -0.25) is 4.79 Å². The number of hydrogen-bond acceptors (Lipinski definition) is 3. The van der Waals surface area contributed by atoms with Crippen molar-refractivity contribution >= 4 is 5.91 Å². The van der Waals surface area contributed by atoms with E-state index >= 15 is 0 Å². The second-order valence-corrected chi connectivity index (χ2v) is 5.63. The van der Waals surface area contributed by atoms with Gasteiger partial charge in [0.15, 0.2) is 0 Å². The van der Waals surface area contributed by atoms with Crippen molar-refractivity contribution in [3.8, 4) is 0 Å². The minimum atomic E-state index is 0.103. The molecule has 3 aliphatic rings. The summed E-state index contributed by atoms with van der Waals surface area (Å²) in [7, 11) is 1.71. The summed E-state index contributed by atoms with van der Waals surface area (Å²) in [6.45, 7) is 2.56. The van der Waals surface area contributed by atoms with Crippen molar-refractivity contribution in [1.82, 2.24) is 5.32 Å². The van der Waals surface area contributed by atoms with E-state index in [9.17, 15) is 4.79 Å².